The number of nitriles is 1. The zero-order valence-corrected chi connectivity index (χ0v) is 26.9. The molecule has 0 fully saturated rings. The molecule has 47 heavy (non-hydrogen) atoms. The van der Waals surface area contributed by atoms with Gasteiger partial charge in [0.25, 0.3) is 0 Å². The van der Waals surface area contributed by atoms with E-state index in [1.165, 1.54) is 24.4 Å². The van der Waals surface area contributed by atoms with Crippen molar-refractivity contribution < 1.29 is 28.9 Å². The second-order valence-corrected chi connectivity index (χ2v) is 11.5. The minimum absolute atomic E-state index is 0.0885. The number of aromatic nitrogens is 1. The summed E-state index contributed by atoms with van der Waals surface area (Å²) in [5.74, 6) is 0.706. The van der Waals surface area contributed by atoms with Crippen LogP contribution in [0, 0.1) is 25.2 Å². The van der Waals surface area contributed by atoms with E-state index >= 15 is 0 Å². The highest BCUT2D eigenvalue weighted by molar-refractivity contribution is 6.32. The fourth-order valence-electron chi connectivity index (χ4n) is 5.00. The molecule has 0 aliphatic heterocycles. The minimum atomic E-state index is -0.205. The number of aromatic hydroxyl groups is 1. The molecule has 1 N–H and O–H groups in total. The van der Waals surface area contributed by atoms with Gasteiger partial charge in [0.05, 0.1) is 26.7 Å². The van der Waals surface area contributed by atoms with Crippen molar-refractivity contribution in [1.82, 2.24) is 4.98 Å². The van der Waals surface area contributed by atoms with Crippen LogP contribution in [0.2, 0.25) is 10.0 Å². The Balaban J connectivity index is 1.33. The molecule has 0 saturated heterocycles. The number of halogens is 2. The summed E-state index contributed by atoms with van der Waals surface area (Å²) in [6, 6.07) is 21.4. The Morgan fingerprint density at radius 3 is 1.87 bits per heavy atom. The monoisotopic (exact) mass is 666 g/mol. The number of pyridine rings is 1. The molecule has 5 rings (SSSR count). The number of rotatable bonds is 12. The van der Waals surface area contributed by atoms with Gasteiger partial charge in [-0.3, -0.25) is 14.6 Å². The van der Waals surface area contributed by atoms with Crippen LogP contribution in [0.3, 0.4) is 0 Å². The van der Waals surface area contributed by atoms with E-state index < -0.39 is 0 Å². The summed E-state index contributed by atoms with van der Waals surface area (Å²) in [4.78, 5) is 26.9. The summed E-state index contributed by atoms with van der Waals surface area (Å²) in [6.07, 6.45) is 4.24. The Bertz CT molecular complexity index is 2020. The molecular weight excluding hydrogens is 639 g/mol. The topological polar surface area (TPSA) is 119 Å². The van der Waals surface area contributed by atoms with Gasteiger partial charge in [0.2, 0.25) is 0 Å². The highest BCUT2D eigenvalue weighted by Crippen LogP contribution is 2.36. The van der Waals surface area contributed by atoms with Crippen LogP contribution in [-0.4, -0.2) is 22.7 Å². The summed E-state index contributed by atoms with van der Waals surface area (Å²) in [5.41, 5.74) is 7.31. The van der Waals surface area contributed by atoms with Crippen molar-refractivity contribution in [3.8, 4) is 40.2 Å². The highest BCUT2D eigenvalue weighted by atomic mass is 35.5. The van der Waals surface area contributed by atoms with E-state index in [1.54, 1.807) is 18.3 Å². The van der Waals surface area contributed by atoms with E-state index in [4.69, 9.17) is 42.7 Å². The van der Waals surface area contributed by atoms with Gasteiger partial charge in [-0.15, -0.1) is 0 Å². The normalized spacial score (nSPS) is 10.6. The van der Waals surface area contributed by atoms with Crippen LogP contribution in [0.4, 0.5) is 0 Å². The van der Waals surface area contributed by atoms with Gasteiger partial charge in [-0.25, -0.2) is 0 Å². The fourth-order valence-corrected chi connectivity index (χ4v) is 5.46. The fraction of sp³-hybridized carbons (Fsp3) is 0.135. The van der Waals surface area contributed by atoms with Crippen LogP contribution in [0.15, 0.2) is 79.1 Å². The molecule has 0 unspecified atom stereocenters. The zero-order chi connectivity index (χ0) is 33.5. The van der Waals surface area contributed by atoms with E-state index in [0.29, 0.717) is 29.4 Å². The maximum Gasteiger partial charge on any atom is 0.153 e. The van der Waals surface area contributed by atoms with Crippen molar-refractivity contribution in [2.24, 2.45) is 0 Å². The first kappa shape index (κ1) is 33.0. The zero-order valence-electron chi connectivity index (χ0n) is 25.4. The molecule has 1 heterocycles. The van der Waals surface area contributed by atoms with Gasteiger partial charge < -0.3 is 19.3 Å². The van der Waals surface area contributed by atoms with Crippen LogP contribution in [0.25, 0.3) is 11.1 Å². The lowest BCUT2D eigenvalue weighted by Crippen LogP contribution is -2.03. The van der Waals surface area contributed by atoms with Crippen molar-refractivity contribution in [1.29, 1.82) is 5.26 Å². The predicted octanol–water partition coefficient (Wildman–Crippen LogP) is 8.61. The number of ether oxygens (including phenoxy) is 3. The third kappa shape index (κ3) is 7.55. The molecule has 10 heteroatoms. The summed E-state index contributed by atoms with van der Waals surface area (Å²) >= 11 is 12.7. The molecule has 0 aliphatic rings. The summed E-state index contributed by atoms with van der Waals surface area (Å²) in [5, 5.41) is 19.7. The van der Waals surface area contributed by atoms with Gasteiger partial charge in [0, 0.05) is 30.1 Å². The molecule has 5 aromatic rings. The lowest BCUT2D eigenvalue weighted by molar-refractivity contribution is 0.111. The number of hydrogen-bond acceptors (Lipinski definition) is 8. The summed E-state index contributed by atoms with van der Waals surface area (Å²) in [7, 11) is 0. The largest absolute Gasteiger partial charge is 0.507 e. The third-order valence-corrected chi connectivity index (χ3v) is 8.26. The van der Waals surface area contributed by atoms with Crippen LogP contribution >= 0.6 is 23.2 Å². The first-order valence-electron chi connectivity index (χ1n) is 14.4. The average molecular weight is 668 g/mol. The standard InChI is InChI=1S/C37H28Cl2N2O6/c1-22-26(20-46-36-12-34(44)28(17-42)10-32(36)38)5-3-7-30(22)31-8-4-6-27(23(31)2)21-47-37-13-35(29(18-43)11-33(37)39)45-19-25-9-24(14-40)15-41-16-25/h3-13,15-18,44H,19-21H2,1-2H3. The van der Waals surface area contributed by atoms with E-state index in [1.807, 2.05) is 56.3 Å². The van der Waals surface area contributed by atoms with E-state index in [2.05, 4.69) is 4.98 Å². The molecule has 0 radical (unpaired) electrons. The molecule has 236 valence electrons. The summed E-state index contributed by atoms with van der Waals surface area (Å²) in [6.45, 7) is 4.52. The molecule has 0 spiro atoms. The number of hydrogen-bond donors (Lipinski definition) is 1. The van der Waals surface area contributed by atoms with Crippen LogP contribution in [-0.2, 0) is 19.8 Å². The Labute approximate surface area is 281 Å². The Morgan fingerprint density at radius 2 is 1.30 bits per heavy atom. The van der Waals surface area contributed by atoms with Crippen molar-refractivity contribution in [2.75, 3.05) is 0 Å². The minimum Gasteiger partial charge on any atom is -0.507 e. The Morgan fingerprint density at radius 1 is 0.745 bits per heavy atom. The number of nitrogens with zero attached hydrogens (tertiary/aromatic N) is 2. The van der Waals surface area contributed by atoms with Crippen LogP contribution < -0.4 is 14.2 Å². The van der Waals surface area contributed by atoms with Gasteiger partial charge in [-0.05, 0) is 65.4 Å². The second-order valence-electron chi connectivity index (χ2n) is 10.6. The first-order chi connectivity index (χ1) is 22.7. The third-order valence-electron chi connectivity index (χ3n) is 7.67. The number of carbonyl (C=O) groups is 2. The number of phenols is 1. The molecular formula is C37H28Cl2N2O6. The molecule has 4 aromatic carbocycles. The highest BCUT2D eigenvalue weighted by Gasteiger charge is 2.16. The molecule has 0 atom stereocenters. The smallest absolute Gasteiger partial charge is 0.153 e. The van der Waals surface area contributed by atoms with E-state index in [9.17, 15) is 14.7 Å². The maximum atomic E-state index is 11.7. The van der Waals surface area contributed by atoms with Crippen LogP contribution in [0.5, 0.6) is 23.0 Å². The number of carbonyl (C=O) groups excluding carboxylic acids is 2. The van der Waals surface area contributed by atoms with Gasteiger partial charge in [-0.1, -0.05) is 59.6 Å². The van der Waals surface area contributed by atoms with Crippen molar-refractivity contribution in [3.63, 3.8) is 0 Å². The molecule has 1 aromatic heterocycles. The molecule has 8 nitrogen and oxygen atoms in total. The number of aldehydes is 2. The predicted molar refractivity (Wildman–Crippen MR) is 179 cm³/mol. The number of benzene rings is 4. The molecule has 0 saturated carbocycles. The average Bonchev–Trinajstić information content (AvgIpc) is 3.08. The van der Waals surface area contributed by atoms with E-state index in [-0.39, 0.29) is 58.2 Å². The molecule has 0 amide bonds. The molecule has 0 bridgehead atoms. The van der Waals surface area contributed by atoms with Gasteiger partial charge in [0.1, 0.15) is 48.9 Å². The van der Waals surface area contributed by atoms with Gasteiger partial charge in [-0.2, -0.15) is 5.26 Å². The Kier molecular flexibility index (Phi) is 10.4. The Hall–Kier alpha value is -5.36. The van der Waals surface area contributed by atoms with Crippen molar-refractivity contribution in [3.05, 3.63) is 134 Å². The lowest BCUT2D eigenvalue weighted by atomic mass is 9.92. The SMILES string of the molecule is Cc1c(COc2cc(O)c(C=O)cc2Cl)cccc1-c1cccc(COc2cc(OCc3cncc(C#N)c3)c(C=O)cc2Cl)c1C. The number of phenolic OH excluding ortho intramolecular Hbond substituents is 1. The van der Waals surface area contributed by atoms with Crippen molar-refractivity contribution >= 4 is 35.8 Å². The first-order valence-corrected chi connectivity index (χ1v) is 15.1. The quantitative estimate of drug-likeness (QED) is 0.131. The van der Waals surface area contributed by atoms with Crippen molar-refractivity contribution in [2.45, 2.75) is 33.7 Å². The molecule has 0 aliphatic carbocycles. The van der Waals surface area contributed by atoms with Gasteiger partial charge in [0.15, 0.2) is 12.6 Å². The maximum absolute atomic E-state index is 11.7. The van der Waals surface area contributed by atoms with E-state index in [0.717, 1.165) is 33.4 Å². The summed E-state index contributed by atoms with van der Waals surface area (Å²) < 4.78 is 18.0. The van der Waals surface area contributed by atoms with Crippen LogP contribution in [0.1, 0.15) is 54.1 Å². The lowest BCUT2D eigenvalue weighted by Gasteiger charge is -2.18. The van der Waals surface area contributed by atoms with Gasteiger partial charge >= 0.3 is 0 Å². The second kappa shape index (κ2) is 14.8.